The predicted octanol–water partition coefficient (Wildman–Crippen LogP) is 1.42. The number of hydrogen-bond acceptors (Lipinski definition) is 4. The average Bonchev–Trinajstić information content (AvgIpc) is 2.59. The summed E-state index contributed by atoms with van der Waals surface area (Å²) in [4.78, 5) is 28.5. The number of aryl methyl sites for hydroxylation is 1. The van der Waals surface area contributed by atoms with Crippen LogP contribution in [0.15, 0.2) is 35.4 Å². The largest absolute Gasteiger partial charge is 0.354 e. The van der Waals surface area contributed by atoms with E-state index in [1.807, 2.05) is 19.9 Å². The third-order valence-electron chi connectivity index (χ3n) is 4.36. The lowest BCUT2D eigenvalue weighted by Crippen LogP contribution is -2.49. The summed E-state index contributed by atoms with van der Waals surface area (Å²) < 4.78 is 1.47. The summed E-state index contributed by atoms with van der Waals surface area (Å²) in [7, 11) is 0. The van der Waals surface area contributed by atoms with Crippen LogP contribution >= 0.6 is 0 Å². The molecule has 0 unspecified atom stereocenters. The zero-order valence-corrected chi connectivity index (χ0v) is 13.7. The summed E-state index contributed by atoms with van der Waals surface area (Å²) in [6.07, 6.45) is 3.32. The van der Waals surface area contributed by atoms with Gasteiger partial charge in [0.1, 0.15) is 0 Å². The molecule has 0 saturated heterocycles. The number of fused-ring (bicyclic) bond motifs is 1. The Bertz CT molecular complexity index is 735. The van der Waals surface area contributed by atoms with Crippen molar-refractivity contribution >= 4 is 16.8 Å². The fraction of sp³-hybridized carbons (Fsp3) is 0.471. The molecule has 0 aliphatic heterocycles. The Balaban J connectivity index is 1.97. The molecule has 0 aliphatic carbocycles. The van der Waals surface area contributed by atoms with Crippen molar-refractivity contribution in [3.63, 3.8) is 0 Å². The van der Waals surface area contributed by atoms with Crippen LogP contribution in [-0.4, -0.2) is 27.5 Å². The van der Waals surface area contributed by atoms with E-state index >= 15 is 0 Å². The van der Waals surface area contributed by atoms with Gasteiger partial charge in [0.2, 0.25) is 5.91 Å². The molecule has 6 heteroatoms. The molecule has 0 radical (unpaired) electrons. The molecule has 1 aromatic heterocycles. The lowest BCUT2D eigenvalue weighted by atomic mass is 9.94. The first-order valence-corrected chi connectivity index (χ1v) is 7.99. The maximum atomic E-state index is 12.3. The molecular weight excluding hydrogens is 292 g/mol. The van der Waals surface area contributed by atoms with E-state index in [0.717, 1.165) is 12.8 Å². The Kier molecular flexibility index (Phi) is 5.50. The SMILES string of the molecule is CCC(N)(CC)CNC(=O)CCn1cnc2ccccc2c1=O. The molecule has 23 heavy (non-hydrogen) atoms. The van der Waals surface area contributed by atoms with Gasteiger partial charge in [0.15, 0.2) is 0 Å². The van der Waals surface area contributed by atoms with Crippen molar-refractivity contribution in [2.24, 2.45) is 5.73 Å². The first-order chi connectivity index (χ1) is 11.0. The summed E-state index contributed by atoms with van der Waals surface area (Å²) in [6.45, 7) is 4.77. The number of nitrogens with zero attached hydrogens (tertiary/aromatic N) is 2. The molecule has 2 aromatic rings. The highest BCUT2D eigenvalue weighted by molar-refractivity contribution is 5.77. The molecule has 3 N–H and O–H groups in total. The monoisotopic (exact) mass is 316 g/mol. The first kappa shape index (κ1) is 17.1. The van der Waals surface area contributed by atoms with Gasteiger partial charge in [-0.1, -0.05) is 26.0 Å². The molecule has 0 saturated carbocycles. The van der Waals surface area contributed by atoms with E-state index < -0.39 is 0 Å². The van der Waals surface area contributed by atoms with Crippen molar-refractivity contribution in [3.8, 4) is 0 Å². The third-order valence-corrected chi connectivity index (χ3v) is 4.36. The Morgan fingerprint density at radius 3 is 2.70 bits per heavy atom. The van der Waals surface area contributed by atoms with Crippen LogP contribution in [0.25, 0.3) is 10.9 Å². The molecule has 0 bridgehead atoms. The average molecular weight is 316 g/mol. The lowest BCUT2D eigenvalue weighted by Gasteiger charge is -2.26. The number of aromatic nitrogens is 2. The summed E-state index contributed by atoms with van der Waals surface area (Å²) in [6, 6.07) is 7.18. The van der Waals surface area contributed by atoms with Crippen LogP contribution in [-0.2, 0) is 11.3 Å². The molecule has 0 fully saturated rings. The molecule has 1 heterocycles. The summed E-state index contributed by atoms with van der Waals surface area (Å²) >= 11 is 0. The number of rotatable bonds is 7. The second-order valence-corrected chi connectivity index (χ2v) is 5.86. The van der Waals surface area contributed by atoms with Gasteiger partial charge in [-0.3, -0.25) is 14.2 Å². The smallest absolute Gasteiger partial charge is 0.261 e. The molecule has 124 valence electrons. The van der Waals surface area contributed by atoms with Crippen molar-refractivity contribution in [1.29, 1.82) is 0 Å². The summed E-state index contributed by atoms with van der Waals surface area (Å²) in [5.41, 5.74) is 6.33. The summed E-state index contributed by atoms with van der Waals surface area (Å²) in [5.74, 6) is -0.109. The number of benzene rings is 1. The van der Waals surface area contributed by atoms with Crippen molar-refractivity contribution in [1.82, 2.24) is 14.9 Å². The van der Waals surface area contributed by atoms with Crippen LogP contribution in [0.3, 0.4) is 0 Å². The molecular formula is C17H24N4O2. The topological polar surface area (TPSA) is 90.0 Å². The van der Waals surface area contributed by atoms with Crippen LogP contribution in [0, 0.1) is 0 Å². The van der Waals surface area contributed by atoms with E-state index in [1.165, 1.54) is 10.9 Å². The third kappa shape index (κ3) is 4.16. The van der Waals surface area contributed by atoms with Crippen molar-refractivity contribution in [2.45, 2.75) is 45.2 Å². The van der Waals surface area contributed by atoms with Gasteiger partial charge in [0.25, 0.3) is 5.56 Å². The van der Waals surface area contributed by atoms with Gasteiger partial charge in [-0.2, -0.15) is 0 Å². The van der Waals surface area contributed by atoms with Crippen LogP contribution in [0.5, 0.6) is 0 Å². The van der Waals surface area contributed by atoms with Crippen LogP contribution in [0.2, 0.25) is 0 Å². The molecule has 0 aliphatic rings. The Labute approximate surface area is 135 Å². The van der Waals surface area contributed by atoms with E-state index in [2.05, 4.69) is 10.3 Å². The number of nitrogens with one attached hydrogen (secondary N) is 1. The van der Waals surface area contributed by atoms with Crippen molar-refractivity contribution in [3.05, 3.63) is 40.9 Å². The van der Waals surface area contributed by atoms with Gasteiger partial charge in [0, 0.05) is 25.0 Å². The van der Waals surface area contributed by atoms with Crippen molar-refractivity contribution in [2.75, 3.05) is 6.54 Å². The number of carbonyl (C=O) groups excluding carboxylic acids is 1. The maximum Gasteiger partial charge on any atom is 0.261 e. The standard InChI is InChI=1S/C17H24N4O2/c1-3-17(18,4-2)11-19-15(22)9-10-21-12-20-14-8-6-5-7-13(14)16(21)23/h5-8,12H,3-4,9-11,18H2,1-2H3,(H,19,22). The first-order valence-electron chi connectivity index (χ1n) is 7.99. The second-order valence-electron chi connectivity index (χ2n) is 5.86. The lowest BCUT2D eigenvalue weighted by molar-refractivity contribution is -0.121. The minimum atomic E-state index is -0.364. The number of para-hydroxylation sites is 1. The highest BCUT2D eigenvalue weighted by atomic mass is 16.1. The number of nitrogens with two attached hydrogens (primary N) is 1. The van der Waals surface area contributed by atoms with E-state index in [1.54, 1.807) is 18.2 Å². The van der Waals surface area contributed by atoms with Gasteiger partial charge < -0.3 is 11.1 Å². The molecule has 0 spiro atoms. The minimum absolute atomic E-state index is 0.109. The highest BCUT2D eigenvalue weighted by Gasteiger charge is 2.20. The minimum Gasteiger partial charge on any atom is -0.354 e. The zero-order chi connectivity index (χ0) is 16.9. The predicted molar refractivity (Wildman–Crippen MR) is 91.1 cm³/mol. The van der Waals surface area contributed by atoms with E-state index in [4.69, 9.17) is 5.73 Å². The van der Waals surface area contributed by atoms with Crippen LogP contribution in [0.4, 0.5) is 0 Å². The maximum absolute atomic E-state index is 12.3. The van der Waals surface area contributed by atoms with Gasteiger partial charge in [-0.25, -0.2) is 4.98 Å². The van der Waals surface area contributed by atoms with Gasteiger partial charge >= 0.3 is 0 Å². The fourth-order valence-electron chi connectivity index (χ4n) is 2.35. The Hall–Kier alpha value is -2.21. The van der Waals surface area contributed by atoms with Crippen LogP contribution in [0.1, 0.15) is 33.1 Å². The normalized spacial score (nSPS) is 11.6. The number of carbonyl (C=O) groups is 1. The van der Waals surface area contributed by atoms with E-state index in [9.17, 15) is 9.59 Å². The number of hydrogen-bond donors (Lipinski definition) is 2. The molecule has 1 amide bonds. The molecule has 2 rings (SSSR count). The summed E-state index contributed by atoms with van der Waals surface area (Å²) in [5, 5.41) is 3.42. The van der Waals surface area contributed by atoms with Gasteiger partial charge in [0.05, 0.1) is 17.2 Å². The quantitative estimate of drug-likeness (QED) is 0.808. The van der Waals surface area contributed by atoms with E-state index in [0.29, 0.717) is 24.0 Å². The van der Waals surface area contributed by atoms with Gasteiger partial charge in [-0.15, -0.1) is 0 Å². The molecule has 1 aromatic carbocycles. The zero-order valence-electron chi connectivity index (χ0n) is 13.7. The van der Waals surface area contributed by atoms with E-state index in [-0.39, 0.29) is 23.4 Å². The molecule has 6 nitrogen and oxygen atoms in total. The highest BCUT2D eigenvalue weighted by Crippen LogP contribution is 2.09. The van der Waals surface area contributed by atoms with Gasteiger partial charge in [-0.05, 0) is 25.0 Å². The fourth-order valence-corrected chi connectivity index (χ4v) is 2.35. The molecule has 0 atom stereocenters. The van der Waals surface area contributed by atoms with Crippen LogP contribution < -0.4 is 16.6 Å². The Morgan fingerprint density at radius 1 is 1.30 bits per heavy atom. The van der Waals surface area contributed by atoms with Crippen molar-refractivity contribution < 1.29 is 4.79 Å². The second kappa shape index (κ2) is 7.37. The number of amides is 1. The Morgan fingerprint density at radius 2 is 2.00 bits per heavy atom.